The maximum Gasteiger partial charge on any atom is 0.225 e. The van der Waals surface area contributed by atoms with Gasteiger partial charge in [0.1, 0.15) is 0 Å². The van der Waals surface area contributed by atoms with Crippen LogP contribution in [0.25, 0.3) is 0 Å². The van der Waals surface area contributed by atoms with Crippen LogP contribution in [0.15, 0.2) is 0 Å². The molecule has 0 bridgehead atoms. The Bertz CT molecular complexity index is 230. The minimum Gasteiger partial charge on any atom is -0.354 e. The first kappa shape index (κ1) is 12.5. The summed E-state index contributed by atoms with van der Waals surface area (Å²) in [7, 11) is 0. The van der Waals surface area contributed by atoms with Gasteiger partial charge in [-0.05, 0) is 32.7 Å². The van der Waals surface area contributed by atoms with Crippen molar-refractivity contribution in [3.63, 3.8) is 0 Å². The Morgan fingerprint density at radius 2 is 2.20 bits per heavy atom. The number of rotatable bonds is 4. The zero-order valence-corrected chi connectivity index (χ0v) is 10.4. The first-order chi connectivity index (χ1) is 6.90. The number of nitrogens with one attached hydrogen (secondary N) is 2. The van der Waals surface area contributed by atoms with Crippen molar-refractivity contribution in [1.29, 1.82) is 0 Å². The third kappa shape index (κ3) is 3.20. The molecule has 1 aliphatic rings. The van der Waals surface area contributed by atoms with Crippen molar-refractivity contribution in [2.24, 2.45) is 5.41 Å². The van der Waals surface area contributed by atoms with E-state index in [0.29, 0.717) is 0 Å². The lowest BCUT2D eigenvalue weighted by Crippen LogP contribution is -2.49. The van der Waals surface area contributed by atoms with Crippen molar-refractivity contribution in [3.8, 4) is 0 Å². The van der Waals surface area contributed by atoms with Crippen LogP contribution < -0.4 is 10.6 Å². The van der Waals surface area contributed by atoms with E-state index in [2.05, 4.69) is 24.5 Å². The molecule has 0 spiro atoms. The number of hydrogen-bond acceptors (Lipinski definition) is 2. The second-order valence-corrected chi connectivity index (χ2v) is 5.51. The fourth-order valence-corrected chi connectivity index (χ4v) is 1.78. The maximum absolute atomic E-state index is 11.9. The summed E-state index contributed by atoms with van der Waals surface area (Å²) in [6.07, 6.45) is 3.24. The maximum atomic E-state index is 11.9. The summed E-state index contributed by atoms with van der Waals surface area (Å²) in [5.41, 5.74) is -0.131. The van der Waals surface area contributed by atoms with Crippen molar-refractivity contribution in [2.75, 3.05) is 13.1 Å². The molecule has 1 heterocycles. The van der Waals surface area contributed by atoms with E-state index in [0.717, 1.165) is 25.9 Å². The van der Waals surface area contributed by atoms with Crippen LogP contribution in [-0.2, 0) is 4.79 Å². The van der Waals surface area contributed by atoms with Gasteiger partial charge in [-0.1, -0.05) is 20.8 Å². The van der Waals surface area contributed by atoms with E-state index >= 15 is 0 Å². The van der Waals surface area contributed by atoms with Gasteiger partial charge in [-0.25, -0.2) is 0 Å². The van der Waals surface area contributed by atoms with Gasteiger partial charge in [0.2, 0.25) is 5.91 Å². The number of amides is 1. The number of carbonyl (C=O) groups is 1. The van der Waals surface area contributed by atoms with Crippen molar-refractivity contribution in [1.82, 2.24) is 10.6 Å². The Kier molecular flexibility index (Phi) is 3.77. The normalized spacial score (nSPS) is 26.7. The Balaban J connectivity index is 2.40. The van der Waals surface area contributed by atoms with E-state index < -0.39 is 0 Å². The van der Waals surface area contributed by atoms with E-state index in [1.807, 2.05) is 13.8 Å². The van der Waals surface area contributed by atoms with Gasteiger partial charge in [0.15, 0.2) is 0 Å². The van der Waals surface area contributed by atoms with Crippen LogP contribution in [0.3, 0.4) is 0 Å². The number of carbonyl (C=O) groups excluding carboxylic acids is 1. The van der Waals surface area contributed by atoms with E-state index in [9.17, 15) is 4.79 Å². The third-order valence-electron chi connectivity index (χ3n) is 3.59. The molecule has 1 rings (SSSR count). The van der Waals surface area contributed by atoms with Crippen LogP contribution in [0.4, 0.5) is 0 Å². The molecule has 0 saturated carbocycles. The van der Waals surface area contributed by atoms with Crippen molar-refractivity contribution >= 4 is 5.91 Å². The SMILES string of the molecule is CCC(C)(C)C(=O)NCC1(C)CCCN1. The highest BCUT2D eigenvalue weighted by Gasteiger charge is 2.31. The molecule has 1 atom stereocenters. The van der Waals surface area contributed by atoms with Crippen LogP contribution in [0.1, 0.15) is 47.0 Å². The largest absolute Gasteiger partial charge is 0.354 e. The molecule has 0 aromatic carbocycles. The van der Waals surface area contributed by atoms with Crippen LogP contribution in [0.5, 0.6) is 0 Å². The summed E-state index contributed by atoms with van der Waals surface area (Å²) in [5, 5.41) is 6.50. The second-order valence-electron chi connectivity index (χ2n) is 5.51. The molecule has 0 aliphatic carbocycles. The first-order valence-corrected chi connectivity index (χ1v) is 5.93. The molecule has 3 nitrogen and oxygen atoms in total. The molecular weight excluding hydrogens is 188 g/mol. The van der Waals surface area contributed by atoms with Crippen LogP contribution in [-0.4, -0.2) is 24.5 Å². The smallest absolute Gasteiger partial charge is 0.225 e. The lowest BCUT2D eigenvalue weighted by atomic mass is 9.89. The van der Waals surface area contributed by atoms with Gasteiger partial charge in [-0.3, -0.25) is 4.79 Å². The molecule has 0 radical (unpaired) electrons. The summed E-state index contributed by atoms with van der Waals surface area (Å²) >= 11 is 0. The van der Waals surface area contributed by atoms with Crippen LogP contribution in [0, 0.1) is 5.41 Å². The minimum atomic E-state index is -0.241. The van der Waals surface area contributed by atoms with Gasteiger partial charge >= 0.3 is 0 Å². The highest BCUT2D eigenvalue weighted by molar-refractivity contribution is 5.81. The number of hydrogen-bond donors (Lipinski definition) is 2. The molecular formula is C12H24N2O. The van der Waals surface area contributed by atoms with Crippen molar-refractivity contribution < 1.29 is 4.79 Å². The molecule has 1 saturated heterocycles. The molecule has 3 heteroatoms. The Hall–Kier alpha value is -0.570. The van der Waals surface area contributed by atoms with E-state index in [-0.39, 0.29) is 16.9 Å². The van der Waals surface area contributed by atoms with Gasteiger partial charge in [0.25, 0.3) is 0 Å². The topological polar surface area (TPSA) is 41.1 Å². The van der Waals surface area contributed by atoms with Crippen LogP contribution in [0.2, 0.25) is 0 Å². The summed E-state index contributed by atoms with van der Waals surface area (Å²) in [6.45, 7) is 10.0. The Morgan fingerprint density at radius 3 is 2.67 bits per heavy atom. The fourth-order valence-electron chi connectivity index (χ4n) is 1.78. The predicted molar refractivity (Wildman–Crippen MR) is 62.7 cm³/mol. The first-order valence-electron chi connectivity index (χ1n) is 5.93. The van der Waals surface area contributed by atoms with Crippen molar-refractivity contribution in [3.05, 3.63) is 0 Å². The molecule has 88 valence electrons. The molecule has 1 aliphatic heterocycles. The minimum absolute atomic E-state index is 0.111. The highest BCUT2D eigenvalue weighted by atomic mass is 16.2. The zero-order chi connectivity index (χ0) is 11.5. The molecule has 0 aromatic rings. The Morgan fingerprint density at radius 1 is 1.53 bits per heavy atom. The van der Waals surface area contributed by atoms with Gasteiger partial charge in [-0.15, -0.1) is 0 Å². The van der Waals surface area contributed by atoms with Crippen LogP contribution >= 0.6 is 0 Å². The van der Waals surface area contributed by atoms with E-state index in [1.54, 1.807) is 0 Å². The van der Waals surface area contributed by atoms with Gasteiger partial charge in [0.05, 0.1) is 0 Å². The predicted octanol–water partition coefficient (Wildman–Crippen LogP) is 1.68. The fraction of sp³-hybridized carbons (Fsp3) is 0.917. The molecule has 1 amide bonds. The standard InChI is InChI=1S/C12H24N2O/c1-5-11(2,3)10(15)13-9-12(4)7-6-8-14-12/h14H,5-9H2,1-4H3,(H,13,15). The third-order valence-corrected chi connectivity index (χ3v) is 3.59. The molecule has 1 unspecified atom stereocenters. The monoisotopic (exact) mass is 212 g/mol. The second kappa shape index (κ2) is 4.52. The molecule has 2 N–H and O–H groups in total. The average molecular weight is 212 g/mol. The molecule has 0 aromatic heterocycles. The summed E-state index contributed by atoms with van der Waals surface area (Å²) in [5.74, 6) is 0.167. The highest BCUT2D eigenvalue weighted by Crippen LogP contribution is 2.21. The summed E-state index contributed by atoms with van der Waals surface area (Å²) < 4.78 is 0. The summed E-state index contributed by atoms with van der Waals surface area (Å²) in [4.78, 5) is 11.9. The quantitative estimate of drug-likeness (QED) is 0.744. The van der Waals surface area contributed by atoms with Gasteiger partial charge in [-0.2, -0.15) is 0 Å². The van der Waals surface area contributed by atoms with Gasteiger partial charge in [0, 0.05) is 17.5 Å². The summed E-state index contributed by atoms with van der Waals surface area (Å²) in [6, 6.07) is 0. The average Bonchev–Trinajstić information content (AvgIpc) is 2.62. The van der Waals surface area contributed by atoms with Crippen molar-refractivity contribution in [2.45, 2.75) is 52.5 Å². The Labute approximate surface area is 93.0 Å². The van der Waals surface area contributed by atoms with E-state index in [1.165, 1.54) is 6.42 Å². The molecule has 15 heavy (non-hydrogen) atoms. The van der Waals surface area contributed by atoms with E-state index in [4.69, 9.17) is 0 Å². The lowest BCUT2D eigenvalue weighted by molar-refractivity contribution is -0.129. The molecule has 1 fully saturated rings. The zero-order valence-electron chi connectivity index (χ0n) is 10.4. The lowest BCUT2D eigenvalue weighted by Gasteiger charge is -2.28. The van der Waals surface area contributed by atoms with Gasteiger partial charge < -0.3 is 10.6 Å².